The van der Waals surface area contributed by atoms with Crippen LogP contribution < -0.4 is 5.32 Å². The van der Waals surface area contributed by atoms with Crippen LogP contribution >= 0.6 is 0 Å². The van der Waals surface area contributed by atoms with E-state index in [0.717, 1.165) is 11.4 Å². The van der Waals surface area contributed by atoms with Gasteiger partial charge in [0.15, 0.2) is 0 Å². The Morgan fingerprint density at radius 1 is 1.31 bits per heavy atom. The van der Waals surface area contributed by atoms with Gasteiger partial charge in [0.2, 0.25) is 0 Å². The number of carbonyl (C=O) groups excluding carboxylic acids is 1. The van der Waals surface area contributed by atoms with E-state index in [1.54, 1.807) is 29.9 Å². The molecule has 2 aromatic heterocycles. The lowest BCUT2D eigenvalue weighted by molar-refractivity contribution is 0.0943. The number of carbonyl (C=O) groups is 1. The average Bonchev–Trinajstić information content (AvgIpc) is 3.24. The standard InChI is InChI=1S/C19H20FN5O/c1-24-17(12-16(23-24)13-4-6-15(20)7-5-13)19(26)22-9-11-25-10-8-21-18(25)14-2-3-14/h4-8,10,12,14H,2-3,9,11H2,1H3,(H,22,26). The molecule has 0 aliphatic heterocycles. The van der Waals surface area contributed by atoms with Gasteiger partial charge in [-0.15, -0.1) is 0 Å². The zero-order valence-electron chi connectivity index (χ0n) is 14.5. The van der Waals surface area contributed by atoms with Gasteiger partial charge in [0.1, 0.15) is 17.3 Å². The highest BCUT2D eigenvalue weighted by molar-refractivity contribution is 5.93. The molecule has 6 nitrogen and oxygen atoms in total. The van der Waals surface area contributed by atoms with E-state index in [2.05, 4.69) is 20.0 Å². The van der Waals surface area contributed by atoms with Gasteiger partial charge in [0.25, 0.3) is 5.91 Å². The summed E-state index contributed by atoms with van der Waals surface area (Å²) in [5, 5.41) is 7.28. The van der Waals surface area contributed by atoms with Gasteiger partial charge in [-0.25, -0.2) is 9.37 Å². The van der Waals surface area contributed by atoms with Crippen molar-refractivity contribution in [2.75, 3.05) is 6.54 Å². The first-order valence-electron chi connectivity index (χ1n) is 8.71. The average molecular weight is 353 g/mol. The summed E-state index contributed by atoms with van der Waals surface area (Å²) in [6.07, 6.45) is 6.16. The highest BCUT2D eigenvalue weighted by Gasteiger charge is 2.27. The molecule has 1 saturated carbocycles. The fraction of sp³-hybridized carbons (Fsp3) is 0.316. The van der Waals surface area contributed by atoms with Crippen LogP contribution in [0.5, 0.6) is 0 Å². The molecule has 1 aliphatic rings. The molecule has 0 unspecified atom stereocenters. The zero-order chi connectivity index (χ0) is 18.1. The summed E-state index contributed by atoms with van der Waals surface area (Å²) in [6.45, 7) is 1.21. The van der Waals surface area contributed by atoms with Crippen LogP contribution in [0.1, 0.15) is 35.1 Å². The molecular formula is C19H20FN5O. The summed E-state index contributed by atoms with van der Waals surface area (Å²) in [5.74, 6) is 1.21. The number of amides is 1. The van der Waals surface area contributed by atoms with Crippen molar-refractivity contribution in [2.24, 2.45) is 7.05 Å². The van der Waals surface area contributed by atoms with E-state index in [4.69, 9.17) is 0 Å². The SMILES string of the molecule is Cn1nc(-c2ccc(F)cc2)cc1C(=O)NCCn1ccnc1C1CC1. The van der Waals surface area contributed by atoms with Crippen molar-refractivity contribution in [1.82, 2.24) is 24.6 Å². The Balaban J connectivity index is 1.40. The minimum Gasteiger partial charge on any atom is -0.349 e. The maximum Gasteiger partial charge on any atom is 0.269 e. The van der Waals surface area contributed by atoms with E-state index in [9.17, 15) is 9.18 Å². The maximum atomic E-state index is 13.1. The van der Waals surface area contributed by atoms with E-state index in [-0.39, 0.29) is 11.7 Å². The number of nitrogens with one attached hydrogen (secondary N) is 1. The molecule has 1 N–H and O–H groups in total. The summed E-state index contributed by atoms with van der Waals surface area (Å²) in [7, 11) is 1.73. The van der Waals surface area contributed by atoms with Gasteiger partial charge < -0.3 is 9.88 Å². The molecule has 0 atom stereocenters. The quantitative estimate of drug-likeness (QED) is 0.741. The maximum absolute atomic E-state index is 13.1. The third kappa shape index (κ3) is 3.37. The van der Waals surface area contributed by atoms with Gasteiger partial charge in [-0.2, -0.15) is 5.10 Å². The van der Waals surface area contributed by atoms with Crippen LogP contribution in [0.2, 0.25) is 0 Å². The highest BCUT2D eigenvalue weighted by atomic mass is 19.1. The van der Waals surface area contributed by atoms with Crippen LogP contribution in [0.25, 0.3) is 11.3 Å². The number of nitrogens with zero attached hydrogens (tertiary/aromatic N) is 4. The number of rotatable bonds is 6. The fourth-order valence-electron chi connectivity index (χ4n) is 3.03. The number of hydrogen-bond donors (Lipinski definition) is 1. The highest BCUT2D eigenvalue weighted by Crippen LogP contribution is 2.38. The van der Waals surface area contributed by atoms with Crippen LogP contribution in [-0.4, -0.2) is 31.8 Å². The van der Waals surface area contributed by atoms with Gasteiger partial charge in [-0.1, -0.05) is 0 Å². The monoisotopic (exact) mass is 353 g/mol. The van der Waals surface area contributed by atoms with Gasteiger partial charge in [0.05, 0.1) is 5.69 Å². The van der Waals surface area contributed by atoms with Gasteiger partial charge >= 0.3 is 0 Å². The van der Waals surface area contributed by atoms with Crippen molar-refractivity contribution in [1.29, 1.82) is 0 Å². The first kappa shape index (κ1) is 16.5. The van der Waals surface area contributed by atoms with E-state index < -0.39 is 0 Å². The predicted octanol–water partition coefficient (Wildman–Crippen LogP) is 2.73. The molecule has 0 radical (unpaired) electrons. The smallest absolute Gasteiger partial charge is 0.269 e. The van der Waals surface area contributed by atoms with E-state index >= 15 is 0 Å². The second-order valence-corrected chi connectivity index (χ2v) is 6.55. The third-order valence-corrected chi connectivity index (χ3v) is 4.58. The van der Waals surface area contributed by atoms with Gasteiger partial charge in [-0.05, 0) is 43.2 Å². The number of hydrogen-bond acceptors (Lipinski definition) is 3. The predicted molar refractivity (Wildman–Crippen MR) is 95.1 cm³/mol. The number of halogens is 1. The van der Waals surface area contributed by atoms with Gasteiger partial charge in [-0.3, -0.25) is 9.48 Å². The fourth-order valence-corrected chi connectivity index (χ4v) is 3.03. The summed E-state index contributed by atoms with van der Waals surface area (Å²) < 4.78 is 16.7. The Bertz CT molecular complexity index is 924. The van der Waals surface area contributed by atoms with Gasteiger partial charge in [0, 0.05) is 44.0 Å². The third-order valence-electron chi connectivity index (χ3n) is 4.58. The lowest BCUT2D eigenvalue weighted by Gasteiger charge is -2.08. The van der Waals surface area contributed by atoms with Crippen LogP contribution in [0.4, 0.5) is 4.39 Å². The first-order chi connectivity index (χ1) is 12.6. The van der Waals surface area contributed by atoms with Crippen molar-refractivity contribution in [3.8, 4) is 11.3 Å². The molecule has 0 saturated heterocycles. The largest absolute Gasteiger partial charge is 0.349 e. The van der Waals surface area contributed by atoms with Crippen LogP contribution in [-0.2, 0) is 13.6 Å². The molecular weight excluding hydrogens is 333 g/mol. The number of aryl methyl sites for hydroxylation is 1. The van der Waals surface area contributed by atoms with Crippen LogP contribution in [0.3, 0.4) is 0 Å². The normalized spacial score (nSPS) is 13.8. The molecule has 1 aliphatic carbocycles. The molecule has 1 aromatic carbocycles. The lowest BCUT2D eigenvalue weighted by Crippen LogP contribution is -2.29. The Morgan fingerprint density at radius 2 is 2.08 bits per heavy atom. The molecule has 1 amide bonds. The molecule has 7 heteroatoms. The summed E-state index contributed by atoms with van der Waals surface area (Å²) >= 11 is 0. The second-order valence-electron chi connectivity index (χ2n) is 6.55. The minimum atomic E-state index is -0.298. The van der Waals surface area contributed by atoms with Crippen molar-refractivity contribution < 1.29 is 9.18 Å². The van der Waals surface area contributed by atoms with Crippen molar-refractivity contribution in [3.63, 3.8) is 0 Å². The molecule has 0 bridgehead atoms. The topological polar surface area (TPSA) is 64.7 Å². The molecule has 26 heavy (non-hydrogen) atoms. The molecule has 134 valence electrons. The van der Waals surface area contributed by atoms with E-state index in [1.807, 2.05) is 12.4 Å². The molecule has 3 aromatic rings. The Morgan fingerprint density at radius 3 is 2.81 bits per heavy atom. The first-order valence-corrected chi connectivity index (χ1v) is 8.71. The molecule has 0 spiro atoms. The number of benzene rings is 1. The zero-order valence-corrected chi connectivity index (χ0v) is 14.5. The number of aromatic nitrogens is 4. The lowest BCUT2D eigenvalue weighted by atomic mass is 10.1. The summed E-state index contributed by atoms with van der Waals surface area (Å²) in [4.78, 5) is 16.9. The van der Waals surface area contributed by atoms with Crippen LogP contribution in [0.15, 0.2) is 42.7 Å². The minimum absolute atomic E-state index is 0.179. The Labute approximate surface area is 150 Å². The number of imidazole rings is 1. The summed E-state index contributed by atoms with van der Waals surface area (Å²) in [6, 6.07) is 7.78. The van der Waals surface area contributed by atoms with E-state index in [0.29, 0.717) is 30.4 Å². The van der Waals surface area contributed by atoms with Crippen LogP contribution in [0, 0.1) is 5.82 Å². The molecule has 1 fully saturated rings. The van der Waals surface area contributed by atoms with Crippen molar-refractivity contribution >= 4 is 5.91 Å². The summed E-state index contributed by atoms with van der Waals surface area (Å²) in [5.41, 5.74) is 1.88. The molecule has 2 heterocycles. The molecule has 4 rings (SSSR count). The second kappa shape index (κ2) is 6.74. The van der Waals surface area contributed by atoms with E-state index in [1.165, 1.54) is 25.0 Å². The van der Waals surface area contributed by atoms with Crippen molar-refractivity contribution in [3.05, 3.63) is 60.1 Å². The Kier molecular flexibility index (Phi) is 4.28. The van der Waals surface area contributed by atoms with Crippen molar-refractivity contribution in [2.45, 2.75) is 25.3 Å². The Hall–Kier alpha value is -2.96.